The van der Waals surface area contributed by atoms with Crippen molar-refractivity contribution < 1.29 is 14.6 Å². The molecule has 5 nitrogen and oxygen atoms in total. The molecule has 0 spiro atoms. The van der Waals surface area contributed by atoms with E-state index in [1.165, 1.54) is 0 Å². The highest BCUT2D eigenvalue weighted by Crippen LogP contribution is 2.29. The van der Waals surface area contributed by atoms with Gasteiger partial charge in [0.25, 0.3) is 0 Å². The van der Waals surface area contributed by atoms with E-state index in [0.717, 1.165) is 37.1 Å². The number of benzene rings is 1. The predicted molar refractivity (Wildman–Crippen MR) is 85.6 cm³/mol. The third-order valence-electron chi connectivity index (χ3n) is 4.38. The normalized spacial score (nSPS) is 18.7. The third kappa shape index (κ3) is 4.06. The maximum atomic E-state index is 12.6. The first-order valence-electron chi connectivity index (χ1n) is 7.80. The summed E-state index contributed by atoms with van der Waals surface area (Å²) in [5.74, 6) is -0.0259. The van der Waals surface area contributed by atoms with Gasteiger partial charge in [0.15, 0.2) is 0 Å². The summed E-state index contributed by atoms with van der Waals surface area (Å²) in [6.07, 6.45) is 0.825. The number of aliphatic hydroxyl groups is 1. The van der Waals surface area contributed by atoms with Gasteiger partial charge in [-0.05, 0) is 38.4 Å². The summed E-state index contributed by atoms with van der Waals surface area (Å²) in [6, 6.07) is 7.70. The summed E-state index contributed by atoms with van der Waals surface area (Å²) in [5.41, 5.74) is 1.48. The Morgan fingerprint density at radius 1 is 1.36 bits per heavy atom. The van der Waals surface area contributed by atoms with Crippen molar-refractivity contribution in [3.05, 3.63) is 35.4 Å². The quantitative estimate of drug-likeness (QED) is 0.737. The van der Waals surface area contributed by atoms with Crippen LogP contribution in [0.15, 0.2) is 24.3 Å². The molecule has 0 bridgehead atoms. The van der Waals surface area contributed by atoms with Gasteiger partial charge in [-0.15, -0.1) is 0 Å². The van der Waals surface area contributed by atoms with E-state index in [1.54, 1.807) is 7.11 Å². The maximum absolute atomic E-state index is 12.6. The molecule has 1 unspecified atom stereocenters. The molecule has 1 aromatic rings. The number of amides is 1. The van der Waals surface area contributed by atoms with Gasteiger partial charge in [0.05, 0.1) is 18.1 Å². The number of carbonyl (C=O) groups is 1. The number of ether oxygens (including phenoxy) is 1. The monoisotopic (exact) mass is 306 g/mol. The second kappa shape index (κ2) is 7.72. The smallest absolute Gasteiger partial charge is 0.228 e. The van der Waals surface area contributed by atoms with Crippen LogP contribution in [0.3, 0.4) is 0 Å². The Labute approximate surface area is 132 Å². The number of aliphatic hydroxyl groups excluding tert-OH is 1. The molecule has 1 aliphatic heterocycles. The van der Waals surface area contributed by atoms with Crippen LogP contribution in [-0.2, 0) is 9.53 Å². The molecule has 2 rings (SSSR count). The second-order valence-corrected chi connectivity index (χ2v) is 6.10. The zero-order chi connectivity index (χ0) is 16.0. The number of carbonyl (C=O) groups excluding carboxylic acids is 1. The Balaban J connectivity index is 1.93. The van der Waals surface area contributed by atoms with Crippen molar-refractivity contribution in [1.29, 1.82) is 0 Å². The molecule has 1 atom stereocenters. The van der Waals surface area contributed by atoms with E-state index in [4.69, 9.17) is 4.74 Å². The van der Waals surface area contributed by atoms with Crippen LogP contribution in [0.1, 0.15) is 30.1 Å². The van der Waals surface area contributed by atoms with E-state index in [9.17, 15) is 9.90 Å². The van der Waals surface area contributed by atoms with Crippen LogP contribution in [0.4, 0.5) is 0 Å². The Kier molecular flexibility index (Phi) is 5.94. The number of methoxy groups -OCH3 is 1. The third-order valence-corrected chi connectivity index (χ3v) is 4.38. The summed E-state index contributed by atoms with van der Waals surface area (Å²) in [4.78, 5) is 12.6. The van der Waals surface area contributed by atoms with E-state index in [1.807, 2.05) is 31.2 Å². The van der Waals surface area contributed by atoms with Crippen molar-refractivity contribution >= 4 is 5.91 Å². The molecule has 1 amide bonds. The van der Waals surface area contributed by atoms with Crippen LogP contribution < -0.4 is 10.6 Å². The largest absolute Gasteiger partial charge is 0.387 e. The van der Waals surface area contributed by atoms with Gasteiger partial charge in [-0.3, -0.25) is 4.79 Å². The zero-order valence-electron chi connectivity index (χ0n) is 13.4. The lowest BCUT2D eigenvalue weighted by Gasteiger charge is -2.35. The van der Waals surface area contributed by atoms with Crippen molar-refractivity contribution in [3.63, 3.8) is 0 Å². The predicted octanol–water partition coefficient (Wildman–Crippen LogP) is 1.16. The van der Waals surface area contributed by atoms with E-state index in [2.05, 4.69) is 10.6 Å². The fraction of sp³-hybridized carbons (Fsp3) is 0.588. The van der Waals surface area contributed by atoms with Crippen LogP contribution in [-0.4, -0.2) is 44.4 Å². The summed E-state index contributed by atoms with van der Waals surface area (Å²) >= 11 is 0. The molecular formula is C17H26N2O3. The minimum Gasteiger partial charge on any atom is -0.387 e. The number of piperidine rings is 1. The minimum absolute atomic E-state index is 0.0259. The SMILES string of the molecule is COCC1(C(=O)NCC(O)c2ccc(C)cc2)CCNCC1. The van der Waals surface area contributed by atoms with Crippen LogP contribution in [0.25, 0.3) is 0 Å². The lowest BCUT2D eigenvalue weighted by molar-refractivity contribution is -0.136. The number of nitrogens with one attached hydrogen (secondary N) is 2. The molecule has 1 heterocycles. The first-order valence-corrected chi connectivity index (χ1v) is 7.80. The molecule has 1 aliphatic rings. The number of rotatable bonds is 6. The van der Waals surface area contributed by atoms with Crippen molar-refractivity contribution in [3.8, 4) is 0 Å². The van der Waals surface area contributed by atoms with Gasteiger partial charge in [0, 0.05) is 13.7 Å². The molecule has 0 saturated carbocycles. The van der Waals surface area contributed by atoms with Crippen molar-refractivity contribution in [1.82, 2.24) is 10.6 Å². The van der Waals surface area contributed by atoms with Gasteiger partial charge in [-0.2, -0.15) is 0 Å². The molecule has 1 aromatic carbocycles. The van der Waals surface area contributed by atoms with Crippen molar-refractivity contribution in [2.45, 2.75) is 25.9 Å². The molecule has 1 fully saturated rings. The van der Waals surface area contributed by atoms with Gasteiger partial charge >= 0.3 is 0 Å². The van der Waals surface area contributed by atoms with Gasteiger partial charge in [-0.1, -0.05) is 29.8 Å². The highest BCUT2D eigenvalue weighted by molar-refractivity contribution is 5.83. The van der Waals surface area contributed by atoms with Crippen LogP contribution in [0, 0.1) is 12.3 Å². The molecule has 0 aromatic heterocycles. The first kappa shape index (κ1) is 16.9. The number of hydrogen-bond acceptors (Lipinski definition) is 4. The van der Waals surface area contributed by atoms with E-state index in [-0.39, 0.29) is 12.5 Å². The zero-order valence-corrected chi connectivity index (χ0v) is 13.4. The van der Waals surface area contributed by atoms with E-state index < -0.39 is 11.5 Å². The number of hydrogen-bond donors (Lipinski definition) is 3. The Bertz CT molecular complexity index is 476. The lowest BCUT2D eigenvalue weighted by atomic mass is 9.78. The van der Waals surface area contributed by atoms with Crippen LogP contribution in [0.5, 0.6) is 0 Å². The maximum Gasteiger partial charge on any atom is 0.228 e. The second-order valence-electron chi connectivity index (χ2n) is 6.10. The van der Waals surface area contributed by atoms with Crippen molar-refractivity contribution in [2.24, 2.45) is 5.41 Å². The molecule has 5 heteroatoms. The molecule has 3 N–H and O–H groups in total. The van der Waals surface area contributed by atoms with Crippen molar-refractivity contribution in [2.75, 3.05) is 33.4 Å². The average molecular weight is 306 g/mol. The molecule has 22 heavy (non-hydrogen) atoms. The fourth-order valence-corrected chi connectivity index (χ4v) is 2.90. The van der Waals surface area contributed by atoms with Gasteiger partial charge in [-0.25, -0.2) is 0 Å². The molecule has 0 radical (unpaired) electrons. The van der Waals surface area contributed by atoms with E-state index in [0.29, 0.717) is 6.61 Å². The lowest BCUT2D eigenvalue weighted by Crippen LogP contribution is -2.50. The molecule has 122 valence electrons. The Hall–Kier alpha value is -1.43. The van der Waals surface area contributed by atoms with Gasteiger partial charge < -0.3 is 20.5 Å². The average Bonchev–Trinajstić information content (AvgIpc) is 2.54. The Morgan fingerprint density at radius 2 is 2.00 bits per heavy atom. The highest BCUT2D eigenvalue weighted by atomic mass is 16.5. The molecule has 0 aliphatic carbocycles. The van der Waals surface area contributed by atoms with Crippen LogP contribution >= 0.6 is 0 Å². The van der Waals surface area contributed by atoms with Crippen LogP contribution in [0.2, 0.25) is 0 Å². The number of aryl methyl sites for hydroxylation is 1. The van der Waals surface area contributed by atoms with Gasteiger partial charge in [0.1, 0.15) is 0 Å². The summed E-state index contributed by atoms with van der Waals surface area (Å²) in [7, 11) is 1.62. The molecule has 1 saturated heterocycles. The molecular weight excluding hydrogens is 280 g/mol. The van der Waals surface area contributed by atoms with E-state index >= 15 is 0 Å². The topological polar surface area (TPSA) is 70.6 Å². The summed E-state index contributed by atoms with van der Waals surface area (Å²) < 4.78 is 5.26. The standard InChI is InChI=1S/C17H26N2O3/c1-13-3-5-14(6-4-13)15(20)11-19-16(21)17(12-22-2)7-9-18-10-8-17/h3-6,15,18,20H,7-12H2,1-2H3,(H,19,21). The minimum atomic E-state index is -0.689. The first-order chi connectivity index (χ1) is 10.6. The van der Waals surface area contributed by atoms with Gasteiger partial charge in [0.2, 0.25) is 5.91 Å². The summed E-state index contributed by atoms with van der Waals surface area (Å²) in [6.45, 7) is 4.28. The summed E-state index contributed by atoms with van der Waals surface area (Å²) in [5, 5.41) is 16.4. The fourth-order valence-electron chi connectivity index (χ4n) is 2.90. The Morgan fingerprint density at radius 3 is 2.59 bits per heavy atom. The highest BCUT2D eigenvalue weighted by Gasteiger charge is 2.39.